The molecule has 4 heteroatoms. The van der Waals surface area contributed by atoms with E-state index in [1.54, 1.807) is 24.3 Å². The Hall–Kier alpha value is -2.62. The molecule has 0 aromatic heterocycles. The van der Waals surface area contributed by atoms with Crippen molar-refractivity contribution in [2.24, 2.45) is 0 Å². The first kappa shape index (κ1) is 15.8. The summed E-state index contributed by atoms with van der Waals surface area (Å²) in [4.78, 5) is 23.8. The number of amides is 1. The van der Waals surface area contributed by atoms with Crippen LogP contribution in [0.3, 0.4) is 0 Å². The molecule has 0 aliphatic heterocycles. The number of nitrogens with one attached hydrogen (secondary N) is 1. The molecule has 1 unspecified atom stereocenters. The summed E-state index contributed by atoms with van der Waals surface area (Å²) in [7, 11) is 1.35. The Kier molecular flexibility index (Phi) is 5.72. The first-order valence-corrected chi connectivity index (χ1v) is 7.15. The molecule has 0 saturated carbocycles. The van der Waals surface area contributed by atoms with Gasteiger partial charge in [0.2, 0.25) is 0 Å². The van der Waals surface area contributed by atoms with E-state index >= 15 is 0 Å². The van der Waals surface area contributed by atoms with E-state index in [0.29, 0.717) is 12.0 Å². The number of benzene rings is 2. The normalized spacial score (nSPS) is 11.5. The fourth-order valence-corrected chi connectivity index (χ4v) is 2.22. The minimum atomic E-state index is -0.339. The predicted molar refractivity (Wildman–Crippen MR) is 84.5 cm³/mol. The number of esters is 1. The Morgan fingerprint density at radius 2 is 1.59 bits per heavy atom. The lowest BCUT2D eigenvalue weighted by Gasteiger charge is -2.18. The van der Waals surface area contributed by atoms with Gasteiger partial charge in [0.25, 0.3) is 5.91 Å². The Bertz CT molecular complexity index is 611. The van der Waals surface area contributed by atoms with Crippen molar-refractivity contribution in [3.8, 4) is 0 Å². The van der Waals surface area contributed by atoms with Gasteiger partial charge in [-0.2, -0.15) is 0 Å². The summed E-state index contributed by atoms with van der Waals surface area (Å²) >= 11 is 0. The van der Waals surface area contributed by atoms with Crippen LogP contribution in [0, 0.1) is 0 Å². The first-order chi connectivity index (χ1) is 10.7. The van der Waals surface area contributed by atoms with Crippen molar-refractivity contribution in [3.05, 3.63) is 71.8 Å². The zero-order valence-corrected chi connectivity index (χ0v) is 12.5. The molecule has 2 aromatic carbocycles. The Morgan fingerprint density at radius 3 is 2.18 bits per heavy atom. The van der Waals surface area contributed by atoms with E-state index in [2.05, 4.69) is 5.32 Å². The van der Waals surface area contributed by atoms with Crippen LogP contribution in [0.5, 0.6) is 0 Å². The van der Waals surface area contributed by atoms with Crippen molar-refractivity contribution in [2.45, 2.75) is 18.9 Å². The van der Waals surface area contributed by atoms with E-state index < -0.39 is 0 Å². The number of methoxy groups -OCH3 is 1. The second kappa shape index (κ2) is 7.98. The van der Waals surface area contributed by atoms with Crippen LogP contribution in [0.2, 0.25) is 0 Å². The van der Waals surface area contributed by atoms with Crippen molar-refractivity contribution in [1.29, 1.82) is 0 Å². The minimum Gasteiger partial charge on any atom is -0.469 e. The highest BCUT2D eigenvalue weighted by atomic mass is 16.5. The van der Waals surface area contributed by atoms with Crippen molar-refractivity contribution in [1.82, 2.24) is 5.32 Å². The van der Waals surface area contributed by atoms with Gasteiger partial charge in [-0.05, 0) is 24.1 Å². The monoisotopic (exact) mass is 297 g/mol. The fourth-order valence-electron chi connectivity index (χ4n) is 2.22. The summed E-state index contributed by atoms with van der Waals surface area (Å²) in [5.74, 6) is -0.528. The molecule has 0 bridgehead atoms. The summed E-state index contributed by atoms with van der Waals surface area (Å²) in [6, 6.07) is 18.4. The van der Waals surface area contributed by atoms with Crippen molar-refractivity contribution < 1.29 is 14.3 Å². The van der Waals surface area contributed by atoms with Gasteiger partial charge in [0.05, 0.1) is 13.5 Å². The van der Waals surface area contributed by atoms with E-state index in [4.69, 9.17) is 4.74 Å². The highest BCUT2D eigenvalue weighted by Gasteiger charge is 2.18. The van der Waals surface area contributed by atoms with Gasteiger partial charge in [-0.25, -0.2) is 0 Å². The molecule has 0 saturated heterocycles. The molecule has 2 aromatic rings. The SMILES string of the molecule is COC(=O)CC(Cc1ccccc1)NC(=O)c1ccccc1. The lowest BCUT2D eigenvalue weighted by molar-refractivity contribution is -0.141. The second-order valence-corrected chi connectivity index (χ2v) is 5.01. The smallest absolute Gasteiger partial charge is 0.307 e. The van der Waals surface area contributed by atoms with Crippen molar-refractivity contribution >= 4 is 11.9 Å². The molecule has 114 valence electrons. The zero-order valence-electron chi connectivity index (χ0n) is 12.5. The molecule has 1 amide bonds. The maximum absolute atomic E-state index is 12.3. The average molecular weight is 297 g/mol. The Labute approximate surface area is 130 Å². The van der Waals surface area contributed by atoms with Gasteiger partial charge >= 0.3 is 5.97 Å². The summed E-state index contributed by atoms with van der Waals surface area (Å²) in [5, 5.41) is 2.91. The number of ether oxygens (including phenoxy) is 1. The van der Waals surface area contributed by atoms with E-state index in [1.165, 1.54) is 7.11 Å². The standard InChI is InChI=1S/C18H19NO3/c1-22-17(20)13-16(12-14-8-4-2-5-9-14)19-18(21)15-10-6-3-7-11-15/h2-11,16H,12-13H2,1H3,(H,19,21). The highest BCUT2D eigenvalue weighted by molar-refractivity contribution is 5.94. The quantitative estimate of drug-likeness (QED) is 0.834. The third-order valence-electron chi connectivity index (χ3n) is 3.34. The highest BCUT2D eigenvalue weighted by Crippen LogP contribution is 2.08. The number of hydrogen-bond donors (Lipinski definition) is 1. The summed E-state index contributed by atoms with van der Waals surface area (Å²) in [6.45, 7) is 0. The van der Waals surface area contributed by atoms with Crippen molar-refractivity contribution in [2.75, 3.05) is 7.11 Å². The minimum absolute atomic E-state index is 0.143. The number of carbonyl (C=O) groups excluding carboxylic acids is 2. The molecule has 0 aliphatic carbocycles. The molecule has 22 heavy (non-hydrogen) atoms. The molecule has 1 N–H and O–H groups in total. The number of rotatable bonds is 6. The molecule has 0 radical (unpaired) electrons. The third kappa shape index (κ3) is 4.74. The molecule has 1 atom stereocenters. The van der Waals surface area contributed by atoms with Gasteiger partial charge in [-0.3, -0.25) is 9.59 Å². The lowest BCUT2D eigenvalue weighted by atomic mass is 10.0. The largest absolute Gasteiger partial charge is 0.469 e. The molecule has 0 heterocycles. The average Bonchev–Trinajstić information content (AvgIpc) is 2.56. The predicted octanol–water partition coefficient (Wildman–Crippen LogP) is 2.59. The molecule has 0 aliphatic rings. The van der Waals surface area contributed by atoms with Crippen LogP contribution in [0.25, 0.3) is 0 Å². The zero-order chi connectivity index (χ0) is 15.8. The lowest BCUT2D eigenvalue weighted by Crippen LogP contribution is -2.38. The topological polar surface area (TPSA) is 55.4 Å². The maximum Gasteiger partial charge on any atom is 0.307 e. The van der Waals surface area contributed by atoms with Crippen LogP contribution in [0.1, 0.15) is 22.3 Å². The van der Waals surface area contributed by atoms with E-state index in [1.807, 2.05) is 36.4 Å². The van der Waals surface area contributed by atoms with E-state index in [0.717, 1.165) is 5.56 Å². The third-order valence-corrected chi connectivity index (χ3v) is 3.34. The van der Waals surface area contributed by atoms with Crippen LogP contribution in [0.15, 0.2) is 60.7 Å². The molecule has 2 rings (SSSR count). The van der Waals surface area contributed by atoms with E-state index in [-0.39, 0.29) is 24.3 Å². The summed E-state index contributed by atoms with van der Waals surface area (Å²) in [6.07, 6.45) is 0.721. The molecular weight excluding hydrogens is 278 g/mol. The fraction of sp³-hybridized carbons (Fsp3) is 0.222. The number of carbonyl (C=O) groups is 2. The molecule has 0 spiro atoms. The number of hydrogen-bond acceptors (Lipinski definition) is 3. The van der Waals surface area contributed by atoms with Crippen LogP contribution in [-0.4, -0.2) is 25.0 Å². The van der Waals surface area contributed by atoms with Crippen LogP contribution in [0.4, 0.5) is 0 Å². The summed E-state index contributed by atoms with van der Waals surface area (Å²) in [5.41, 5.74) is 1.63. The molecule has 0 fully saturated rings. The van der Waals surface area contributed by atoms with Gasteiger partial charge in [0.1, 0.15) is 0 Å². The van der Waals surface area contributed by atoms with Gasteiger partial charge in [0.15, 0.2) is 0 Å². The van der Waals surface area contributed by atoms with Crippen LogP contribution >= 0.6 is 0 Å². The first-order valence-electron chi connectivity index (χ1n) is 7.15. The second-order valence-electron chi connectivity index (χ2n) is 5.01. The van der Waals surface area contributed by atoms with Crippen molar-refractivity contribution in [3.63, 3.8) is 0 Å². The van der Waals surface area contributed by atoms with Gasteiger partial charge in [-0.1, -0.05) is 48.5 Å². The molecule has 4 nitrogen and oxygen atoms in total. The van der Waals surface area contributed by atoms with Gasteiger partial charge in [0, 0.05) is 11.6 Å². The maximum atomic E-state index is 12.3. The van der Waals surface area contributed by atoms with Gasteiger partial charge < -0.3 is 10.1 Å². The Morgan fingerprint density at radius 1 is 1.00 bits per heavy atom. The van der Waals surface area contributed by atoms with Crippen LogP contribution < -0.4 is 5.32 Å². The molecular formula is C18H19NO3. The summed E-state index contributed by atoms with van der Waals surface area (Å²) < 4.78 is 4.72. The van der Waals surface area contributed by atoms with Crippen LogP contribution in [-0.2, 0) is 16.0 Å². The van der Waals surface area contributed by atoms with E-state index in [9.17, 15) is 9.59 Å². The van der Waals surface area contributed by atoms with Gasteiger partial charge in [-0.15, -0.1) is 0 Å². The Balaban J connectivity index is 2.07.